The van der Waals surface area contributed by atoms with Crippen molar-refractivity contribution >= 4 is 44.2 Å². The Morgan fingerprint density at radius 1 is 1.24 bits per heavy atom. The molecule has 3 rings (SSSR count). The number of anilines is 2. The van der Waals surface area contributed by atoms with Crippen molar-refractivity contribution in [1.29, 1.82) is 0 Å². The van der Waals surface area contributed by atoms with Crippen LogP contribution in [-0.4, -0.2) is 5.91 Å². The molecule has 1 heterocycles. The molecule has 0 bridgehead atoms. The normalized spacial score (nSPS) is 10.8. The number of para-hydroxylation sites is 1. The van der Waals surface area contributed by atoms with E-state index in [1.807, 2.05) is 37.3 Å². The van der Waals surface area contributed by atoms with Crippen molar-refractivity contribution in [2.45, 2.75) is 6.92 Å². The second-order valence-corrected chi connectivity index (χ2v) is 5.67. The summed E-state index contributed by atoms with van der Waals surface area (Å²) < 4.78 is 6.28. The topological polar surface area (TPSA) is 68.3 Å². The van der Waals surface area contributed by atoms with Gasteiger partial charge in [0, 0.05) is 9.86 Å². The molecule has 1 aromatic heterocycles. The first-order valence-electron chi connectivity index (χ1n) is 6.40. The van der Waals surface area contributed by atoms with Crippen LogP contribution in [0.25, 0.3) is 11.0 Å². The lowest BCUT2D eigenvalue weighted by atomic mass is 10.2. The van der Waals surface area contributed by atoms with Crippen molar-refractivity contribution in [3.63, 3.8) is 0 Å². The average molecular weight is 345 g/mol. The minimum absolute atomic E-state index is 0.253. The summed E-state index contributed by atoms with van der Waals surface area (Å²) in [4.78, 5) is 12.3. The predicted molar refractivity (Wildman–Crippen MR) is 87.5 cm³/mol. The lowest BCUT2D eigenvalue weighted by Crippen LogP contribution is -2.13. The highest BCUT2D eigenvalue weighted by Gasteiger charge is 2.15. The smallest absolute Gasteiger partial charge is 0.291 e. The Bertz CT molecular complexity index is 783. The number of carbonyl (C=O) groups excluding carboxylic acids is 1. The summed E-state index contributed by atoms with van der Waals surface area (Å²) >= 11 is 3.41. The number of carbonyl (C=O) groups is 1. The van der Waals surface area contributed by atoms with Gasteiger partial charge in [-0.1, -0.05) is 18.2 Å². The van der Waals surface area contributed by atoms with Crippen LogP contribution in [0.3, 0.4) is 0 Å². The third-order valence-electron chi connectivity index (χ3n) is 3.15. The highest BCUT2D eigenvalue weighted by atomic mass is 79.9. The Morgan fingerprint density at radius 3 is 2.71 bits per heavy atom. The summed E-state index contributed by atoms with van der Waals surface area (Å²) in [5.74, 6) is -0.0782. The zero-order valence-electron chi connectivity index (χ0n) is 11.3. The molecule has 0 unspecified atom stereocenters. The average Bonchev–Trinajstić information content (AvgIpc) is 2.86. The minimum atomic E-state index is -0.331. The third kappa shape index (κ3) is 2.64. The van der Waals surface area contributed by atoms with E-state index in [0.29, 0.717) is 17.0 Å². The molecule has 0 spiro atoms. The quantitative estimate of drug-likeness (QED) is 0.679. The third-order valence-corrected chi connectivity index (χ3v) is 3.78. The van der Waals surface area contributed by atoms with E-state index in [1.54, 1.807) is 12.1 Å². The molecule has 0 aliphatic heterocycles. The van der Waals surface area contributed by atoms with Crippen molar-refractivity contribution in [3.8, 4) is 0 Å². The summed E-state index contributed by atoms with van der Waals surface area (Å²) in [5, 5.41) is 3.67. The van der Waals surface area contributed by atoms with E-state index in [4.69, 9.17) is 10.2 Å². The van der Waals surface area contributed by atoms with Gasteiger partial charge in [0.25, 0.3) is 5.91 Å². The molecule has 0 saturated carbocycles. The van der Waals surface area contributed by atoms with Crippen LogP contribution in [0.4, 0.5) is 11.4 Å². The number of benzene rings is 2. The summed E-state index contributed by atoms with van der Waals surface area (Å²) in [5.41, 5.74) is 8.70. The van der Waals surface area contributed by atoms with Gasteiger partial charge >= 0.3 is 0 Å². The van der Waals surface area contributed by atoms with E-state index in [1.165, 1.54) is 0 Å². The molecule has 3 aromatic rings. The zero-order chi connectivity index (χ0) is 15.0. The van der Waals surface area contributed by atoms with Gasteiger partial charge in [0.05, 0.1) is 11.4 Å². The van der Waals surface area contributed by atoms with E-state index in [2.05, 4.69) is 21.2 Å². The molecule has 0 aliphatic rings. The van der Waals surface area contributed by atoms with Crippen molar-refractivity contribution in [2.24, 2.45) is 0 Å². The van der Waals surface area contributed by atoms with E-state index < -0.39 is 0 Å². The number of nitrogens with one attached hydrogen (secondary N) is 1. The van der Waals surface area contributed by atoms with Gasteiger partial charge in [-0.05, 0) is 52.7 Å². The maximum atomic E-state index is 12.3. The zero-order valence-corrected chi connectivity index (χ0v) is 12.9. The summed E-state index contributed by atoms with van der Waals surface area (Å²) in [6.45, 7) is 1.94. The Labute approximate surface area is 130 Å². The van der Waals surface area contributed by atoms with Crippen molar-refractivity contribution in [2.75, 3.05) is 11.1 Å². The van der Waals surface area contributed by atoms with Crippen LogP contribution in [0.2, 0.25) is 0 Å². The van der Waals surface area contributed by atoms with Gasteiger partial charge < -0.3 is 15.5 Å². The van der Waals surface area contributed by atoms with Gasteiger partial charge in [0.2, 0.25) is 0 Å². The number of rotatable bonds is 2. The van der Waals surface area contributed by atoms with Gasteiger partial charge in [0.15, 0.2) is 5.76 Å². The summed E-state index contributed by atoms with van der Waals surface area (Å²) in [7, 11) is 0. The van der Waals surface area contributed by atoms with Crippen molar-refractivity contribution in [3.05, 3.63) is 58.3 Å². The number of nitrogen functional groups attached to an aromatic ring is 1. The number of hydrogen-bond donors (Lipinski definition) is 2. The number of hydrogen-bond acceptors (Lipinski definition) is 3. The summed E-state index contributed by atoms with van der Waals surface area (Å²) in [6.07, 6.45) is 0. The fourth-order valence-electron chi connectivity index (χ4n) is 2.17. The van der Waals surface area contributed by atoms with Crippen LogP contribution in [0, 0.1) is 6.92 Å². The van der Waals surface area contributed by atoms with E-state index in [-0.39, 0.29) is 11.7 Å². The maximum absolute atomic E-state index is 12.3. The van der Waals surface area contributed by atoms with Gasteiger partial charge in [-0.3, -0.25) is 4.79 Å². The molecule has 0 saturated heterocycles. The second kappa shape index (κ2) is 5.26. The Morgan fingerprint density at radius 2 is 2.00 bits per heavy atom. The first kappa shape index (κ1) is 13.7. The molecule has 0 aliphatic carbocycles. The number of nitrogens with two attached hydrogens (primary N) is 1. The molecule has 0 atom stereocenters. The molecule has 2 aromatic carbocycles. The monoisotopic (exact) mass is 344 g/mol. The molecule has 3 N–H and O–H groups in total. The maximum Gasteiger partial charge on any atom is 0.291 e. The molecule has 4 nitrogen and oxygen atoms in total. The number of furan rings is 1. The molecule has 5 heteroatoms. The Kier molecular flexibility index (Phi) is 3.43. The number of amides is 1. The van der Waals surface area contributed by atoms with E-state index in [0.717, 1.165) is 15.4 Å². The summed E-state index contributed by atoms with van der Waals surface area (Å²) in [6, 6.07) is 12.9. The fraction of sp³-hybridized carbons (Fsp3) is 0.0625. The van der Waals surface area contributed by atoms with Gasteiger partial charge in [0.1, 0.15) is 5.58 Å². The predicted octanol–water partition coefficient (Wildman–Crippen LogP) is 4.34. The van der Waals surface area contributed by atoms with Crippen LogP contribution in [0.5, 0.6) is 0 Å². The lowest BCUT2D eigenvalue weighted by molar-refractivity contribution is 0.0998. The van der Waals surface area contributed by atoms with Gasteiger partial charge in [-0.15, -0.1) is 0 Å². The fourth-order valence-corrected chi connectivity index (χ4v) is 2.86. The first-order chi connectivity index (χ1) is 10.0. The Hall–Kier alpha value is -2.27. The van der Waals surface area contributed by atoms with Crippen molar-refractivity contribution < 1.29 is 9.21 Å². The minimum Gasteiger partial charge on any atom is -0.451 e. The van der Waals surface area contributed by atoms with Crippen LogP contribution in [-0.2, 0) is 0 Å². The molecular weight excluding hydrogens is 332 g/mol. The van der Waals surface area contributed by atoms with Crippen LogP contribution in [0.1, 0.15) is 16.1 Å². The largest absolute Gasteiger partial charge is 0.451 e. The molecule has 21 heavy (non-hydrogen) atoms. The Balaban J connectivity index is 1.93. The molecule has 1 amide bonds. The molecule has 0 radical (unpaired) electrons. The standard InChI is InChI=1S/C16H13BrN2O2/c1-9-6-11(17)15(12(18)7-9)19-16(20)14-8-10-4-2-3-5-13(10)21-14/h2-8H,18H2,1H3,(H,19,20). The van der Waals surface area contributed by atoms with Crippen LogP contribution >= 0.6 is 15.9 Å². The van der Waals surface area contributed by atoms with Crippen molar-refractivity contribution in [1.82, 2.24) is 0 Å². The number of fused-ring (bicyclic) bond motifs is 1. The molecule has 106 valence electrons. The van der Waals surface area contributed by atoms with E-state index in [9.17, 15) is 4.79 Å². The SMILES string of the molecule is Cc1cc(N)c(NC(=O)c2cc3ccccc3o2)c(Br)c1. The highest BCUT2D eigenvalue weighted by Crippen LogP contribution is 2.31. The van der Waals surface area contributed by atoms with E-state index >= 15 is 0 Å². The first-order valence-corrected chi connectivity index (χ1v) is 7.19. The van der Waals surface area contributed by atoms with Crippen LogP contribution in [0.15, 0.2) is 51.4 Å². The molecule has 0 fully saturated rings. The van der Waals surface area contributed by atoms with Gasteiger partial charge in [-0.2, -0.15) is 0 Å². The number of halogens is 1. The lowest BCUT2D eigenvalue weighted by Gasteiger charge is -2.10. The number of aryl methyl sites for hydroxylation is 1. The second-order valence-electron chi connectivity index (χ2n) is 4.81. The molecular formula is C16H13BrN2O2. The highest BCUT2D eigenvalue weighted by molar-refractivity contribution is 9.10. The van der Waals surface area contributed by atoms with Crippen LogP contribution < -0.4 is 11.1 Å². The van der Waals surface area contributed by atoms with Gasteiger partial charge in [-0.25, -0.2) is 0 Å².